The molecule has 0 unspecified atom stereocenters. The average molecular weight is 265 g/mol. The number of ketones is 1. The van der Waals surface area contributed by atoms with Gasteiger partial charge in [0, 0.05) is 26.1 Å². The Kier molecular flexibility index (Phi) is 6.02. The Bertz CT molecular complexity index is 457. The van der Waals surface area contributed by atoms with Crippen LogP contribution in [0.25, 0.3) is 0 Å². The predicted octanol–water partition coefficient (Wildman–Crippen LogP) is 2.26. The lowest BCUT2D eigenvalue weighted by Crippen LogP contribution is -2.10. The molecule has 5 nitrogen and oxygen atoms in total. The van der Waals surface area contributed by atoms with Gasteiger partial charge in [0.2, 0.25) is 5.91 Å². The maximum Gasteiger partial charge on any atom is 0.221 e. The molecule has 1 aromatic rings. The summed E-state index contributed by atoms with van der Waals surface area (Å²) in [6.45, 7) is 4.03. The summed E-state index contributed by atoms with van der Waals surface area (Å²) in [6, 6.07) is 5.02. The van der Waals surface area contributed by atoms with E-state index in [1.807, 2.05) is 0 Å². The highest BCUT2D eigenvalue weighted by molar-refractivity contribution is 6.00. The van der Waals surface area contributed by atoms with Crippen molar-refractivity contribution < 1.29 is 19.1 Å². The molecule has 0 aliphatic heterocycles. The molecule has 0 saturated heterocycles. The van der Waals surface area contributed by atoms with Crippen LogP contribution in [0.1, 0.15) is 30.6 Å². The summed E-state index contributed by atoms with van der Waals surface area (Å²) in [5, 5.41) is 2.65. The van der Waals surface area contributed by atoms with Gasteiger partial charge in [0.1, 0.15) is 12.4 Å². The Morgan fingerprint density at radius 2 is 2.00 bits per heavy atom. The number of rotatable bonds is 7. The van der Waals surface area contributed by atoms with Gasteiger partial charge in [-0.1, -0.05) is 6.92 Å². The average Bonchev–Trinajstić information content (AvgIpc) is 2.39. The van der Waals surface area contributed by atoms with Crippen molar-refractivity contribution in [2.45, 2.75) is 20.3 Å². The topological polar surface area (TPSA) is 64.6 Å². The van der Waals surface area contributed by atoms with E-state index in [0.29, 0.717) is 36.6 Å². The van der Waals surface area contributed by atoms with E-state index in [1.165, 1.54) is 6.92 Å². The van der Waals surface area contributed by atoms with E-state index in [2.05, 4.69) is 5.32 Å². The summed E-state index contributed by atoms with van der Waals surface area (Å²) in [5.74, 6) is 0.306. The van der Waals surface area contributed by atoms with Gasteiger partial charge >= 0.3 is 0 Å². The quantitative estimate of drug-likeness (QED) is 0.606. The zero-order chi connectivity index (χ0) is 14.3. The summed E-state index contributed by atoms with van der Waals surface area (Å²) in [6.07, 6.45) is 0.379. The molecule has 0 aromatic heterocycles. The molecule has 0 spiro atoms. The van der Waals surface area contributed by atoms with Crippen LogP contribution in [0.3, 0.4) is 0 Å². The number of ether oxygens (including phenoxy) is 2. The highest BCUT2D eigenvalue weighted by Gasteiger charge is 2.12. The SMILES string of the molecule is CCC(=O)c1cc(NC(C)=O)ccc1OCCOC. The van der Waals surface area contributed by atoms with Crippen molar-refractivity contribution in [2.24, 2.45) is 0 Å². The van der Waals surface area contributed by atoms with Crippen LogP contribution in [0.4, 0.5) is 5.69 Å². The molecule has 0 heterocycles. The number of Topliss-reactive ketones (excluding diaryl/α,β-unsaturated/α-hetero) is 1. The minimum atomic E-state index is -0.178. The van der Waals surface area contributed by atoms with Crippen LogP contribution in [-0.4, -0.2) is 32.0 Å². The molecule has 0 radical (unpaired) electrons. The molecule has 0 saturated carbocycles. The fraction of sp³-hybridized carbons (Fsp3) is 0.429. The van der Waals surface area contributed by atoms with Gasteiger partial charge in [0.15, 0.2) is 5.78 Å². The number of carbonyl (C=O) groups is 2. The highest BCUT2D eigenvalue weighted by atomic mass is 16.5. The second-order valence-electron chi connectivity index (χ2n) is 4.01. The summed E-state index contributed by atoms with van der Waals surface area (Å²) in [4.78, 5) is 22.9. The van der Waals surface area contributed by atoms with E-state index in [9.17, 15) is 9.59 Å². The third-order valence-electron chi connectivity index (χ3n) is 2.47. The zero-order valence-electron chi connectivity index (χ0n) is 11.5. The smallest absolute Gasteiger partial charge is 0.221 e. The van der Waals surface area contributed by atoms with Crippen molar-refractivity contribution in [2.75, 3.05) is 25.6 Å². The molecule has 5 heteroatoms. The number of hydrogen-bond acceptors (Lipinski definition) is 4. The number of benzene rings is 1. The molecule has 19 heavy (non-hydrogen) atoms. The van der Waals surface area contributed by atoms with Crippen LogP contribution < -0.4 is 10.1 Å². The van der Waals surface area contributed by atoms with Crippen molar-refractivity contribution in [3.8, 4) is 5.75 Å². The Morgan fingerprint density at radius 1 is 1.26 bits per heavy atom. The minimum Gasteiger partial charge on any atom is -0.490 e. The lowest BCUT2D eigenvalue weighted by Gasteiger charge is -2.12. The summed E-state index contributed by atoms with van der Waals surface area (Å²) in [7, 11) is 1.58. The van der Waals surface area contributed by atoms with Gasteiger partial charge in [-0.15, -0.1) is 0 Å². The second kappa shape index (κ2) is 7.53. The maximum atomic E-state index is 11.9. The van der Waals surface area contributed by atoms with Gasteiger partial charge in [-0.25, -0.2) is 0 Å². The van der Waals surface area contributed by atoms with E-state index in [1.54, 1.807) is 32.2 Å². The molecule has 0 atom stereocenters. The Labute approximate surface area is 112 Å². The van der Waals surface area contributed by atoms with Gasteiger partial charge in [0.25, 0.3) is 0 Å². The van der Waals surface area contributed by atoms with Gasteiger partial charge in [0.05, 0.1) is 12.2 Å². The molecule has 1 aromatic carbocycles. The first-order valence-electron chi connectivity index (χ1n) is 6.15. The highest BCUT2D eigenvalue weighted by Crippen LogP contribution is 2.24. The number of amides is 1. The molecule has 1 rings (SSSR count). The Morgan fingerprint density at radius 3 is 2.58 bits per heavy atom. The fourth-order valence-corrected chi connectivity index (χ4v) is 1.58. The molecule has 104 valence electrons. The summed E-state index contributed by atoms with van der Waals surface area (Å²) >= 11 is 0. The van der Waals surface area contributed by atoms with Crippen molar-refractivity contribution in [3.63, 3.8) is 0 Å². The van der Waals surface area contributed by atoms with E-state index in [-0.39, 0.29) is 11.7 Å². The van der Waals surface area contributed by atoms with E-state index >= 15 is 0 Å². The lowest BCUT2D eigenvalue weighted by atomic mass is 10.1. The van der Waals surface area contributed by atoms with Crippen LogP contribution in [0.15, 0.2) is 18.2 Å². The van der Waals surface area contributed by atoms with Crippen LogP contribution in [-0.2, 0) is 9.53 Å². The minimum absolute atomic E-state index is 0.0281. The number of hydrogen-bond donors (Lipinski definition) is 1. The lowest BCUT2D eigenvalue weighted by molar-refractivity contribution is -0.114. The largest absolute Gasteiger partial charge is 0.490 e. The maximum absolute atomic E-state index is 11.9. The predicted molar refractivity (Wildman–Crippen MR) is 72.7 cm³/mol. The molecule has 0 fully saturated rings. The molecule has 0 aliphatic carbocycles. The summed E-state index contributed by atoms with van der Waals surface area (Å²) in [5.41, 5.74) is 1.06. The standard InChI is InChI=1S/C14H19NO4/c1-4-13(17)12-9-11(15-10(2)16)5-6-14(12)19-8-7-18-3/h5-6,9H,4,7-8H2,1-3H3,(H,15,16). The van der Waals surface area contributed by atoms with E-state index in [4.69, 9.17) is 9.47 Å². The molecular formula is C14H19NO4. The zero-order valence-corrected chi connectivity index (χ0v) is 11.5. The number of anilines is 1. The van der Waals surface area contributed by atoms with E-state index in [0.717, 1.165) is 0 Å². The second-order valence-corrected chi connectivity index (χ2v) is 4.01. The number of nitrogens with one attached hydrogen (secondary N) is 1. The third kappa shape index (κ3) is 4.71. The molecular weight excluding hydrogens is 246 g/mol. The third-order valence-corrected chi connectivity index (χ3v) is 2.47. The van der Waals surface area contributed by atoms with Crippen molar-refractivity contribution in [1.82, 2.24) is 0 Å². The van der Waals surface area contributed by atoms with Gasteiger partial charge in [-0.2, -0.15) is 0 Å². The monoisotopic (exact) mass is 265 g/mol. The Balaban J connectivity index is 2.95. The van der Waals surface area contributed by atoms with Crippen LogP contribution >= 0.6 is 0 Å². The Hall–Kier alpha value is -1.88. The summed E-state index contributed by atoms with van der Waals surface area (Å²) < 4.78 is 10.4. The van der Waals surface area contributed by atoms with Crippen molar-refractivity contribution in [3.05, 3.63) is 23.8 Å². The number of methoxy groups -OCH3 is 1. The van der Waals surface area contributed by atoms with Crippen LogP contribution in [0.2, 0.25) is 0 Å². The first-order chi connectivity index (χ1) is 9.08. The fourth-order valence-electron chi connectivity index (χ4n) is 1.58. The van der Waals surface area contributed by atoms with Gasteiger partial charge < -0.3 is 14.8 Å². The van der Waals surface area contributed by atoms with Crippen LogP contribution in [0, 0.1) is 0 Å². The van der Waals surface area contributed by atoms with Gasteiger partial charge in [-0.05, 0) is 18.2 Å². The van der Waals surface area contributed by atoms with Crippen LogP contribution in [0.5, 0.6) is 5.75 Å². The first-order valence-corrected chi connectivity index (χ1v) is 6.15. The molecule has 0 aliphatic rings. The normalized spacial score (nSPS) is 10.1. The number of carbonyl (C=O) groups excluding carboxylic acids is 2. The van der Waals surface area contributed by atoms with Gasteiger partial charge in [-0.3, -0.25) is 9.59 Å². The van der Waals surface area contributed by atoms with Crippen molar-refractivity contribution in [1.29, 1.82) is 0 Å². The van der Waals surface area contributed by atoms with Crippen molar-refractivity contribution >= 4 is 17.4 Å². The first kappa shape index (κ1) is 15.2. The molecule has 0 bridgehead atoms. The molecule has 1 amide bonds. The van der Waals surface area contributed by atoms with E-state index < -0.39 is 0 Å². The molecule has 1 N–H and O–H groups in total.